The van der Waals surface area contributed by atoms with Crippen LogP contribution in [0.15, 0.2) is 18.2 Å². The minimum absolute atomic E-state index is 0.112. The van der Waals surface area contributed by atoms with E-state index in [4.69, 9.17) is 5.11 Å². The van der Waals surface area contributed by atoms with E-state index in [1.165, 1.54) is 19.1 Å². The summed E-state index contributed by atoms with van der Waals surface area (Å²) in [6.45, 7) is 1.53. The molecule has 0 bridgehead atoms. The summed E-state index contributed by atoms with van der Waals surface area (Å²) < 4.78 is 39.0. The molecule has 1 amide bonds. The van der Waals surface area contributed by atoms with Crippen LogP contribution in [0.2, 0.25) is 0 Å². The summed E-state index contributed by atoms with van der Waals surface area (Å²) >= 11 is 0.986. The molecule has 0 fully saturated rings. The largest absolute Gasteiger partial charge is 0.480 e. The lowest BCUT2D eigenvalue weighted by Crippen LogP contribution is -2.41. The summed E-state index contributed by atoms with van der Waals surface area (Å²) in [4.78, 5) is 23.1. The molecule has 0 radical (unpaired) electrons. The maximum absolute atomic E-state index is 13.8. The molecule has 1 heterocycles. The molecule has 0 aliphatic rings. The summed E-state index contributed by atoms with van der Waals surface area (Å²) in [6, 6.07) is 2.68. The number of carbonyl (C=O) groups is 2. The summed E-state index contributed by atoms with van der Waals surface area (Å²) in [5.41, 5.74) is 0.358. The molecule has 2 N–H and O–H groups in total. The number of thiophene rings is 1. The molecule has 22 heavy (non-hydrogen) atoms. The Kier molecular flexibility index (Phi) is 4.70. The average molecular weight is 331 g/mol. The minimum Gasteiger partial charge on any atom is -0.480 e. The van der Waals surface area contributed by atoms with E-state index in [-0.39, 0.29) is 10.3 Å². The Morgan fingerprint density at radius 2 is 2.05 bits per heavy atom. The number of benzene rings is 1. The number of halogens is 3. The molecule has 0 aliphatic heterocycles. The van der Waals surface area contributed by atoms with Gasteiger partial charge in [0, 0.05) is 16.5 Å². The maximum atomic E-state index is 13.8. The first-order chi connectivity index (χ1) is 10.3. The van der Waals surface area contributed by atoms with Gasteiger partial charge in [0.05, 0.1) is 4.88 Å². The Morgan fingerprint density at radius 1 is 1.36 bits per heavy atom. The van der Waals surface area contributed by atoms with Crippen LogP contribution in [0.5, 0.6) is 0 Å². The Hall–Kier alpha value is -2.09. The van der Waals surface area contributed by atoms with E-state index in [1.807, 2.05) is 0 Å². The Morgan fingerprint density at radius 3 is 2.59 bits per heavy atom. The number of carboxylic acid groups (broad SMARTS) is 1. The summed E-state index contributed by atoms with van der Waals surface area (Å²) in [7, 11) is 0. The molecule has 1 aromatic carbocycles. The van der Waals surface area contributed by atoms with Gasteiger partial charge in [-0.2, -0.15) is 0 Å². The fourth-order valence-electron chi connectivity index (χ4n) is 2.09. The van der Waals surface area contributed by atoms with E-state index in [0.717, 1.165) is 11.3 Å². The molecule has 2 rings (SSSR count). The summed E-state index contributed by atoms with van der Waals surface area (Å²) in [6.07, 6.45) is -3.85. The van der Waals surface area contributed by atoms with Gasteiger partial charge in [-0.25, -0.2) is 18.0 Å². The highest BCUT2D eigenvalue weighted by Gasteiger charge is 2.26. The van der Waals surface area contributed by atoms with Crippen molar-refractivity contribution < 1.29 is 27.9 Å². The quantitative estimate of drug-likeness (QED) is 0.884. The number of carboxylic acids is 1. The van der Waals surface area contributed by atoms with Crippen LogP contribution in [0.3, 0.4) is 0 Å². The first-order valence-corrected chi connectivity index (χ1v) is 7.12. The van der Waals surface area contributed by atoms with Gasteiger partial charge in [0.25, 0.3) is 5.91 Å². The van der Waals surface area contributed by atoms with Crippen molar-refractivity contribution >= 4 is 33.3 Å². The molecule has 1 atom stereocenters. The van der Waals surface area contributed by atoms with Crippen molar-refractivity contribution in [2.24, 2.45) is 0 Å². The molecule has 0 saturated carbocycles. The first-order valence-electron chi connectivity index (χ1n) is 6.30. The van der Waals surface area contributed by atoms with Crippen LogP contribution in [-0.2, 0) is 4.79 Å². The number of hydrogen-bond donors (Lipinski definition) is 2. The Balaban J connectivity index is 2.31. The number of carbonyl (C=O) groups excluding carboxylic acids is 1. The average Bonchev–Trinajstić information content (AvgIpc) is 2.76. The van der Waals surface area contributed by atoms with Crippen molar-refractivity contribution in [3.8, 4) is 0 Å². The van der Waals surface area contributed by atoms with Crippen molar-refractivity contribution in [1.82, 2.24) is 5.32 Å². The molecule has 0 saturated heterocycles. The number of alkyl halides is 2. The van der Waals surface area contributed by atoms with E-state index in [2.05, 4.69) is 5.32 Å². The van der Waals surface area contributed by atoms with Gasteiger partial charge in [0.1, 0.15) is 11.9 Å². The lowest BCUT2D eigenvalue weighted by molar-refractivity contribution is -0.140. The molecule has 8 heteroatoms. The molecule has 118 valence electrons. The monoisotopic (exact) mass is 331 g/mol. The van der Waals surface area contributed by atoms with Crippen LogP contribution in [-0.4, -0.2) is 29.5 Å². The van der Waals surface area contributed by atoms with Crippen LogP contribution in [0, 0.1) is 12.7 Å². The predicted octanol–water partition coefficient (Wildman–Crippen LogP) is 3.19. The number of fused-ring (bicyclic) bond motifs is 1. The molecular weight excluding hydrogens is 319 g/mol. The number of aliphatic carboxylic acids is 1. The SMILES string of the molecule is Cc1c(C(=O)NC(CC(F)F)C(=O)O)sc2cccc(F)c12. The van der Waals surface area contributed by atoms with Crippen LogP contribution in [0.1, 0.15) is 21.7 Å². The van der Waals surface area contributed by atoms with E-state index in [1.54, 1.807) is 6.07 Å². The number of aryl methyl sites for hydroxylation is 1. The standard InChI is InChI=1S/C14H12F3NO3S/c1-6-11-7(15)3-2-4-9(11)22-12(6)13(19)18-8(14(20)21)5-10(16)17/h2-4,8,10H,5H2,1H3,(H,18,19)(H,20,21). The third-order valence-corrected chi connectivity index (χ3v) is 4.38. The molecule has 0 aliphatic carbocycles. The highest BCUT2D eigenvalue weighted by Crippen LogP contribution is 2.32. The van der Waals surface area contributed by atoms with Gasteiger partial charge in [0.15, 0.2) is 0 Å². The van der Waals surface area contributed by atoms with Crippen molar-refractivity contribution in [2.75, 3.05) is 0 Å². The van der Waals surface area contributed by atoms with Gasteiger partial charge in [0.2, 0.25) is 6.43 Å². The predicted molar refractivity (Wildman–Crippen MR) is 76.0 cm³/mol. The minimum atomic E-state index is -2.86. The third-order valence-electron chi connectivity index (χ3n) is 3.13. The van der Waals surface area contributed by atoms with Crippen LogP contribution < -0.4 is 5.32 Å². The highest BCUT2D eigenvalue weighted by atomic mass is 32.1. The second kappa shape index (κ2) is 6.35. The van der Waals surface area contributed by atoms with Crippen molar-refractivity contribution in [3.63, 3.8) is 0 Å². The van der Waals surface area contributed by atoms with E-state index in [0.29, 0.717) is 10.3 Å². The zero-order chi connectivity index (χ0) is 16.4. The van der Waals surface area contributed by atoms with Crippen molar-refractivity contribution in [2.45, 2.75) is 25.8 Å². The van der Waals surface area contributed by atoms with Gasteiger partial charge in [-0.1, -0.05) is 6.07 Å². The number of rotatable bonds is 5. The lowest BCUT2D eigenvalue weighted by atomic mass is 10.1. The van der Waals surface area contributed by atoms with Gasteiger partial charge in [-0.15, -0.1) is 11.3 Å². The van der Waals surface area contributed by atoms with Crippen molar-refractivity contribution in [3.05, 3.63) is 34.5 Å². The molecular formula is C14H12F3NO3S. The van der Waals surface area contributed by atoms with E-state index >= 15 is 0 Å². The van der Waals surface area contributed by atoms with E-state index < -0.39 is 36.6 Å². The molecule has 4 nitrogen and oxygen atoms in total. The number of hydrogen-bond acceptors (Lipinski definition) is 3. The highest BCUT2D eigenvalue weighted by molar-refractivity contribution is 7.21. The van der Waals surface area contributed by atoms with Gasteiger partial charge in [-0.05, 0) is 24.6 Å². The fraction of sp³-hybridized carbons (Fsp3) is 0.286. The van der Waals surface area contributed by atoms with Crippen LogP contribution >= 0.6 is 11.3 Å². The maximum Gasteiger partial charge on any atom is 0.326 e. The Bertz CT molecular complexity index is 729. The lowest BCUT2D eigenvalue weighted by Gasteiger charge is -2.13. The van der Waals surface area contributed by atoms with Crippen LogP contribution in [0.4, 0.5) is 13.2 Å². The molecule has 1 unspecified atom stereocenters. The number of amides is 1. The fourth-order valence-corrected chi connectivity index (χ4v) is 3.22. The molecule has 1 aromatic heterocycles. The summed E-state index contributed by atoms with van der Waals surface area (Å²) in [5, 5.41) is 11.2. The third kappa shape index (κ3) is 3.22. The van der Waals surface area contributed by atoms with Gasteiger partial charge < -0.3 is 10.4 Å². The smallest absolute Gasteiger partial charge is 0.326 e. The zero-order valence-corrected chi connectivity index (χ0v) is 12.2. The topological polar surface area (TPSA) is 66.4 Å². The van der Waals surface area contributed by atoms with Gasteiger partial charge >= 0.3 is 5.97 Å². The Labute approximate surface area is 127 Å². The van der Waals surface area contributed by atoms with Crippen molar-refractivity contribution in [1.29, 1.82) is 0 Å². The normalized spacial score (nSPS) is 12.6. The number of nitrogens with one attached hydrogen (secondary N) is 1. The molecule has 2 aromatic rings. The van der Waals surface area contributed by atoms with Gasteiger partial charge in [-0.3, -0.25) is 4.79 Å². The second-order valence-corrected chi connectivity index (χ2v) is 5.71. The second-order valence-electron chi connectivity index (χ2n) is 4.66. The van der Waals surface area contributed by atoms with Crippen LogP contribution in [0.25, 0.3) is 10.1 Å². The summed E-state index contributed by atoms with van der Waals surface area (Å²) in [5.74, 6) is -2.84. The zero-order valence-electron chi connectivity index (χ0n) is 11.4. The van der Waals surface area contributed by atoms with E-state index in [9.17, 15) is 22.8 Å². The molecule has 0 spiro atoms. The first kappa shape index (κ1) is 16.3.